The Kier molecular flexibility index (Phi) is 4.77. The Morgan fingerprint density at radius 3 is 2.32 bits per heavy atom. The Hall–Kier alpha value is -1.96. The van der Waals surface area contributed by atoms with Crippen molar-refractivity contribution < 1.29 is 38.1 Å². The number of fused-ring (bicyclic) bond motifs is 3. The lowest BCUT2D eigenvalue weighted by atomic mass is 9.35. The van der Waals surface area contributed by atoms with Crippen LogP contribution in [-0.2, 0) is 38.1 Å². The summed E-state index contributed by atoms with van der Waals surface area (Å²) in [6, 6.07) is 0. The number of methoxy groups -OCH3 is 1. The Labute approximate surface area is 200 Å². The normalized spacial score (nSPS) is 50.5. The fraction of sp³-hybridized carbons (Fsp3) is 0.846. The van der Waals surface area contributed by atoms with Crippen LogP contribution in [0.15, 0.2) is 0 Å². The van der Waals surface area contributed by atoms with Gasteiger partial charge in [-0.1, -0.05) is 34.6 Å². The summed E-state index contributed by atoms with van der Waals surface area (Å²) in [7, 11) is 1.29. The standard InChI is InChI=1S/C26H36O8/c1-13(27)32-17-12-15-22(2,3)16(28)9-10-23(15,4)14-8-11-24(5)18(20(29)31-7)33-21(30)19-26(24,34-19)25(14,17)6/h14-15,17-19H,8-12H2,1-7H3/t14-,15+,17+,18-,19-,23+,24-,25-,26-/m0/s1. The van der Waals surface area contributed by atoms with Crippen LogP contribution in [0.25, 0.3) is 0 Å². The van der Waals surface area contributed by atoms with Gasteiger partial charge in [-0.2, -0.15) is 0 Å². The van der Waals surface area contributed by atoms with Gasteiger partial charge in [-0.25, -0.2) is 9.59 Å². The van der Waals surface area contributed by atoms with E-state index in [0.717, 1.165) is 12.8 Å². The van der Waals surface area contributed by atoms with E-state index >= 15 is 0 Å². The summed E-state index contributed by atoms with van der Waals surface area (Å²) in [5.74, 6) is -1.28. The molecule has 0 aromatic rings. The Bertz CT molecular complexity index is 987. The molecule has 188 valence electrons. The lowest BCUT2D eigenvalue weighted by Gasteiger charge is -2.69. The summed E-state index contributed by atoms with van der Waals surface area (Å²) in [5.41, 5.74) is -3.35. The monoisotopic (exact) mass is 476 g/mol. The van der Waals surface area contributed by atoms with Crippen molar-refractivity contribution in [3.8, 4) is 0 Å². The Balaban J connectivity index is 1.69. The van der Waals surface area contributed by atoms with Gasteiger partial charge in [0.25, 0.3) is 0 Å². The summed E-state index contributed by atoms with van der Waals surface area (Å²) in [6.45, 7) is 11.7. The third kappa shape index (κ3) is 2.48. The highest BCUT2D eigenvalue weighted by molar-refractivity contribution is 5.88. The molecule has 0 aromatic heterocycles. The van der Waals surface area contributed by atoms with Crippen LogP contribution in [0.2, 0.25) is 0 Å². The third-order valence-corrected chi connectivity index (χ3v) is 10.9. The molecule has 3 saturated carbocycles. The Morgan fingerprint density at radius 2 is 1.71 bits per heavy atom. The van der Waals surface area contributed by atoms with E-state index < -0.39 is 58.1 Å². The Morgan fingerprint density at radius 1 is 1.03 bits per heavy atom. The molecule has 0 N–H and O–H groups in total. The van der Waals surface area contributed by atoms with Crippen LogP contribution in [0.1, 0.15) is 73.6 Å². The zero-order valence-corrected chi connectivity index (χ0v) is 21.2. The van der Waals surface area contributed by atoms with E-state index in [0.29, 0.717) is 19.3 Å². The zero-order chi connectivity index (χ0) is 25.1. The van der Waals surface area contributed by atoms with E-state index in [9.17, 15) is 19.2 Å². The van der Waals surface area contributed by atoms with Crippen LogP contribution < -0.4 is 0 Å². The van der Waals surface area contributed by atoms with Gasteiger partial charge in [0, 0.05) is 29.6 Å². The van der Waals surface area contributed by atoms with E-state index in [2.05, 4.69) is 13.8 Å². The van der Waals surface area contributed by atoms with Gasteiger partial charge in [-0.3, -0.25) is 9.59 Å². The van der Waals surface area contributed by atoms with Gasteiger partial charge >= 0.3 is 17.9 Å². The first kappa shape index (κ1) is 23.8. The fourth-order valence-electron chi connectivity index (χ4n) is 9.25. The van der Waals surface area contributed by atoms with Crippen LogP contribution in [0.4, 0.5) is 0 Å². The SMILES string of the molecule is COC(=O)[C@@H]1OC(=O)[C@@H]2O[C@@]23[C@]2(C)[C@H](OC(C)=O)C[C@@H]4C(C)(C)C(=O)CC[C@]4(C)[C@@H]2CC[C@@]13C. The largest absolute Gasteiger partial charge is 0.466 e. The van der Waals surface area contributed by atoms with E-state index in [4.69, 9.17) is 18.9 Å². The first-order chi connectivity index (χ1) is 15.7. The van der Waals surface area contributed by atoms with Crippen LogP contribution in [0, 0.1) is 33.5 Å². The molecule has 1 spiro atoms. The van der Waals surface area contributed by atoms with E-state index in [1.165, 1.54) is 14.0 Å². The summed E-state index contributed by atoms with van der Waals surface area (Å²) in [4.78, 5) is 51.1. The molecule has 0 amide bonds. The van der Waals surface area contributed by atoms with Gasteiger partial charge in [0.2, 0.25) is 6.10 Å². The maximum Gasteiger partial charge on any atom is 0.347 e. The molecule has 0 bridgehead atoms. The van der Waals surface area contributed by atoms with Crippen molar-refractivity contribution in [1.29, 1.82) is 0 Å². The highest BCUT2D eigenvalue weighted by Crippen LogP contribution is 2.78. The molecule has 8 heteroatoms. The number of rotatable bonds is 2. The van der Waals surface area contributed by atoms with Gasteiger partial charge < -0.3 is 18.9 Å². The number of epoxide rings is 1. The topological polar surface area (TPSA) is 108 Å². The molecule has 34 heavy (non-hydrogen) atoms. The maximum atomic E-state index is 13.0. The summed E-state index contributed by atoms with van der Waals surface area (Å²) >= 11 is 0. The maximum absolute atomic E-state index is 13.0. The summed E-state index contributed by atoms with van der Waals surface area (Å²) in [5, 5.41) is 0. The predicted molar refractivity (Wildman–Crippen MR) is 118 cm³/mol. The number of ether oxygens (including phenoxy) is 4. The number of ketones is 1. The quantitative estimate of drug-likeness (QED) is 0.340. The molecule has 3 aliphatic carbocycles. The smallest absolute Gasteiger partial charge is 0.347 e. The van der Waals surface area contributed by atoms with Gasteiger partial charge in [0.1, 0.15) is 17.5 Å². The number of cyclic esters (lactones) is 1. The van der Waals surface area contributed by atoms with Crippen LogP contribution >= 0.6 is 0 Å². The van der Waals surface area contributed by atoms with Gasteiger partial charge in [0.15, 0.2) is 6.10 Å². The lowest BCUT2D eigenvalue weighted by Crippen LogP contribution is -2.75. The summed E-state index contributed by atoms with van der Waals surface area (Å²) < 4.78 is 23.0. The highest BCUT2D eigenvalue weighted by Gasteiger charge is 2.89. The van der Waals surface area contributed by atoms with E-state index in [1.54, 1.807) is 0 Å². The molecule has 5 fully saturated rings. The minimum absolute atomic E-state index is 0.0218. The zero-order valence-electron chi connectivity index (χ0n) is 21.2. The minimum Gasteiger partial charge on any atom is -0.466 e. The number of hydrogen-bond donors (Lipinski definition) is 0. The van der Waals surface area contributed by atoms with E-state index in [1.807, 2.05) is 20.8 Å². The lowest BCUT2D eigenvalue weighted by molar-refractivity contribution is -0.263. The fourth-order valence-corrected chi connectivity index (χ4v) is 9.25. The third-order valence-electron chi connectivity index (χ3n) is 10.9. The molecule has 5 aliphatic rings. The molecule has 0 unspecified atom stereocenters. The number of carbonyl (C=O) groups excluding carboxylic acids is 4. The average Bonchev–Trinajstić information content (AvgIpc) is 3.53. The molecule has 8 nitrogen and oxygen atoms in total. The van der Waals surface area contributed by atoms with Crippen LogP contribution in [0.5, 0.6) is 0 Å². The molecular formula is C26H36O8. The van der Waals surface area contributed by atoms with Crippen molar-refractivity contribution in [3.05, 3.63) is 0 Å². The molecule has 0 radical (unpaired) electrons. The minimum atomic E-state index is -1.09. The van der Waals surface area contributed by atoms with Gasteiger partial charge in [0.05, 0.1) is 7.11 Å². The van der Waals surface area contributed by atoms with Crippen molar-refractivity contribution in [3.63, 3.8) is 0 Å². The van der Waals surface area contributed by atoms with E-state index in [-0.39, 0.29) is 23.0 Å². The number of Topliss-reactive ketones (excluding diaryl/α,β-unsaturated/α-hetero) is 1. The molecule has 2 heterocycles. The highest BCUT2D eigenvalue weighted by atomic mass is 16.7. The van der Waals surface area contributed by atoms with Crippen LogP contribution in [0.3, 0.4) is 0 Å². The first-order valence-corrected chi connectivity index (χ1v) is 12.4. The molecule has 0 aromatic carbocycles. The molecule has 2 saturated heterocycles. The molecule has 5 rings (SSSR count). The van der Waals surface area contributed by atoms with Crippen molar-refractivity contribution in [2.45, 2.75) is 97.6 Å². The van der Waals surface area contributed by atoms with Crippen LogP contribution in [-0.4, -0.2) is 54.7 Å². The van der Waals surface area contributed by atoms with Crippen molar-refractivity contribution >= 4 is 23.7 Å². The molecular weight excluding hydrogens is 440 g/mol. The molecule has 9 atom stereocenters. The number of esters is 3. The average molecular weight is 477 g/mol. The second-order valence-electron chi connectivity index (χ2n) is 12.4. The number of hydrogen-bond acceptors (Lipinski definition) is 8. The second-order valence-corrected chi connectivity index (χ2v) is 12.4. The summed E-state index contributed by atoms with van der Waals surface area (Å²) in [6.07, 6.45) is 0.629. The van der Waals surface area contributed by atoms with Gasteiger partial charge in [-0.05, 0) is 42.9 Å². The first-order valence-electron chi connectivity index (χ1n) is 12.4. The van der Waals surface area contributed by atoms with Gasteiger partial charge in [-0.15, -0.1) is 0 Å². The predicted octanol–water partition coefficient (Wildman–Crippen LogP) is 2.99. The second kappa shape index (κ2) is 6.83. The van der Waals surface area contributed by atoms with Crippen molar-refractivity contribution in [2.75, 3.05) is 7.11 Å². The van der Waals surface area contributed by atoms with Crippen molar-refractivity contribution in [2.24, 2.45) is 33.5 Å². The molecule has 2 aliphatic heterocycles. The van der Waals surface area contributed by atoms with Crippen molar-refractivity contribution in [1.82, 2.24) is 0 Å². The number of carbonyl (C=O) groups is 4.